The second-order valence-electron chi connectivity index (χ2n) is 6.30. The number of guanidine groups is 1. The van der Waals surface area contributed by atoms with Gasteiger partial charge in [0.15, 0.2) is 11.6 Å². The van der Waals surface area contributed by atoms with E-state index in [4.69, 9.17) is 0 Å². The molecule has 1 saturated heterocycles. The molecule has 2 aromatic rings. The molecule has 0 aromatic carbocycles. The van der Waals surface area contributed by atoms with Gasteiger partial charge in [-0.1, -0.05) is 12.1 Å². The lowest BCUT2D eigenvalue weighted by atomic mass is 10.1. The fourth-order valence-electron chi connectivity index (χ4n) is 3.18. The quantitative estimate of drug-likeness (QED) is 0.292. The molecule has 26 heavy (non-hydrogen) atoms. The molecule has 0 amide bonds. The summed E-state index contributed by atoms with van der Waals surface area (Å²) < 4.78 is 2.02. The molecule has 1 aliphatic heterocycles. The van der Waals surface area contributed by atoms with Crippen LogP contribution in [0, 0.1) is 0 Å². The SMILES string of the molecule is C=CCN1CCC(NC(=NC)NCCc2nnc3ccccn23)CC1.I. The van der Waals surface area contributed by atoms with Crippen LogP contribution in [0.4, 0.5) is 0 Å². The molecular weight excluding hydrogens is 441 g/mol. The highest BCUT2D eigenvalue weighted by Crippen LogP contribution is 2.10. The van der Waals surface area contributed by atoms with E-state index < -0.39 is 0 Å². The van der Waals surface area contributed by atoms with Crippen molar-refractivity contribution in [3.63, 3.8) is 0 Å². The van der Waals surface area contributed by atoms with Crippen molar-refractivity contribution in [3.8, 4) is 0 Å². The van der Waals surface area contributed by atoms with Crippen molar-refractivity contribution in [3.05, 3.63) is 42.9 Å². The first-order valence-corrected chi connectivity index (χ1v) is 8.89. The van der Waals surface area contributed by atoms with Crippen molar-refractivity contribution >= 4 is 35.6 Å². The first-order chi connectivity index (χ1) is 12.3. The molecule has 0 atom stereocenters. The normalized spacial score (nSPS) is 16.3. The summed E-state index contributed by atoms with van der Waals surface area (Å²) in [5, 5.41) is 15.4. The van der Waals surface area contributed by atoms with E-state index in [1.165, 1.54) is 0 Å². The number of hydrogen-bond acceptors (Lipinski definition) is 4. The van der Waals surface area contributed by atoms with E-state index >= 15 is 0 Å². The van der Waals surface area contributed by atoms with Crippen LogP contribution in [0.1, 0.15) is 18.7 Å². The highest BCUT2D eigenvalue weighted by molar-refractivity contribution is 14.0. The molecule has 2 N–H and O–H groups in total. The van der Waals surface area contributed by atoms with Gasteiger partial charge in [0.05, 0.1) is 0 Å². The first kappa shape index (κ1) is 20.6. The highest BCUT2D eigenvalue weighted by atomic mass is 127. The molecule has 3 rings (SSSR count). The van der Waals surface area contributed by atoms with Crippen molar-refractivity contribution in [2.75, 3.05) is 33.2 Å². The molecule has 142 valence electrons. The third-order valence-electron chi connectivity index (χ3n) is 4.56. The number of aromatic nitrogens is 3. The molecule has 1 fully saturated rings. The molecule has 0 unspecified atom stereocenters. The van der Waals surface area contributed by atoms with Gasteiger partial charge in [0.2, 0.25) is 0 Å². The predicted molar refractivity (Wildman–Crippen MR) is 116 cm³/mol. The lowest BCUT2D eigenvalue weighted by Gasteiger charge is -2.32. The minimum Gasteiger partial charge on any atom is -0.356 e. The number of likely N-dealkylation sites (tertiary alicyclic amines) is 1. The Bertz CT molecular complexity index is 719. The topological polar surface area (TPSA) is 69.8 Å². The molecule has 0 bridgehead atoms. The zero-order chi connectivity index (χ0) is 17.5. The van der Waals surface area contributed by atoms with Gasteiger partial charge in [0, 0.05) is 51.9 Å². The molecule has 0 aliphatic carbocycles. The molecule has 0 radical (unpaired) electrons. The maximum absolute atomic E-state index is 4.34. The van der Waals surface area contributed by atoms with Crippen LogP contribution in [0.15, 0.2) is 42.0 Å². The molecule has 3 heterocycles. The van der Waals surface area contributed by atoms with Gasteiger partial charge in [-0.15, -0.1) is 40.8 Å². The van der Waals surface area contributed by atoms with E-state index in [0.717, 1.165) is 62.9 Å². The summed E-state index contributed by atoms with van der Waals surface area (Å²) in [6.45, 7) is 7.77. The largest absolute Gasteiger partial charge is 0.356 e. The van der Waals surface area contributed by atoms with Crippen LogP contribution >= 0.6 is 24.0 Å². The number of rotatable bonds is 6. The van der Waals surface area contributed by atoms with Crippen molar-refractivity contribution < 1.29 is 0 Å². The van der Waals surface area contributed by atoms with Gasteiger partial charge < -0.3 is 10.6 Å². The zero-order valence-corrected chi connectivity index (χ0v) is 17.6. The van der Waals surface area contributed by atoms with Gasteiger partial charge in [-0.3, -0.25) is 14.3 Å². The third-order valence-corrected chi connectivity index (χ3v) is 4.56. The number of halogens is 1. The number of fused-ring (bicyclic) bond motifs is 1. The van der Waals surface area contributed by atoms with Crippen LogP contribution in [0.5, 0.6) is 0 Å². The number of pyridine rings is 1. The van der Waals surface area contributed by atoms with Crippen LogP contribution in [-0.4, -0.2) is 64.7 Å². The van der Waals surface area contributed by atoms with E-state index in [0.29, 0.717) is 6.04 Å². The summed E-state index contributed by atoms with van der Waals surface area (Å²) in [4.78, 5) is 6.77. The van der Waals surface area contributed by atoms with E-state index in [9.17, 15) is 0 Å². The zero-order valence-electron chi connectivity index (χ0n) is 15.3. The Morgan fingerprint density at radius 2 is 2.15 bits per heavy atom. The summed E-state index contributed by atoms with van der Waals surface area (Å²) in [7, 11) is 1.81. The monoisotopic (exact) mass is 469 g/mol. The Morgan fingerprint density at radius 3 is 2.88 bits per heavy atom. The second-order valence-corrected chi connectivity index (χ2v) is 6.30. The van der Waals surface area contributed by atoms with Crippen LogP contribution in [0.25, 0.3) is 5.65 Å². The Hall–Kier alpha value is -1.68. The van der Waals surface area contributed by atoms with Crippen LogP contribution < -0.4 is 10.6 Å². The highest BCUT2D eigenvalue weighted by Gasteiger charge is 2.19. The lowest BCUT2D eigenvalue weighted by molar-refractivity contribution is 0.225. The number of hydrogen-bond donors (Lipinski definition) is 2. The Kier molecular flexibility index (Phi) is 8.30. The summed E-state index contributed by atoms with van der Waals surface area (Å²) in [5.74, 6) is 1.81. The van der Waals surface area contributed by atoms with Crippen molar-refractivity contribution in [2.24, 2.45) is 4.99 Å². The number of aliphatic imine (C=N–C) groups is 1. The predicted octanol–water partition coefficient (Wildman–Crippen LogP) is 1.71. The van der Waals surface area contributed by atoms with E-state index in [1.54, 1.807) is 0 Å². The Balaban J connectivity index is 0.00000243. The summed E-state index contributed by atoms with van der Waals surface area (Å²) >= 11 is 0. The molecule has 2 aromatic heterocycles. The van der Waals surface area contributed by atoms with Gasteiger partial charge in [-0.05, 0) is 25.0 Å². The van der Waals surface area contributed by atoms with Crippen LogP contribution in [-0.2, 0) is 6.42 Å². The van der Waals surface area contributed by atoms with Gasteiger partial charge in [0.1, 0.15) is 5.82 Å². The smallest absolute Gasteiger partial charge is 0.191 e. The van der Waals surface area contributed by atoms with Gasteiger partial charge >= 0.3 is 0 Å². The van der Waals surface area contributed by atoms with E-state index in [1.807, 2.05) is 41.9 Å². The van der Waals surface area contributed by atoms with Crippen LogP contribution in [0.2, 0.25) is 0 Å². The number of nitrogens with zero attached hydrogens (tertiary/aromatic N) is 5. The average Bonchev–Trinajstić information content (AvgIpc) is 3.06. The average molecular weight is 469 g/mol. The second kappa shape index (κ2) is 10.5. The molecule has 1 aliphatic rings. The van der Waals surface area contributed by atoms with Gasteiger partial charge in [-0.25, -0.2) is 0 Å². The number of piperidine rings is 1. The maximum Gasteiger partial charge on any atom is 0.191 e. The summed E-state index contributed by atoms with van der Waals surface area (Å²) in [5.41, 5.74) is 0.881. The lowest BCUT2D eigenvalue weighted by Crippen LogP contribution is -2.49. The minimum absolute atomic E-state index is 0. The molecule has 0 saturated carbocycles. The molecule has 8 heteroatoms. The first-order valence-electron chi connectivity index (χ1n) is 8.89. The third kappa shape index (κ3) is 5.41. The molecule has 7 nitrogen and oxygen atoms in total. The molecular formula is C18H28IN7. The Labute approximate surface area is 172 Å². The Morgan fingerprint density at radius 1 is 1.35 bits per heavy atom. The summed E-state index contributed by atoms with van der Waals surface area (Å²) in [6.07, 6.45) is 7.02. The van der Waals surface area contributed by atoms with Crippen molar-refractivity contribution in [1.29, 1.82) is 0 Å². The maximum atomic E-state index is 4.34. The van der Waals surface area contributed by atoms with Gasteiger partial charge in [0.25, 0.3) is 0 Å². The van der Waals surface area contributed by atoms with Crippen molar-refractivity contribution in [1.82, 2.24) is 30.1 Å². The van der Waals surface area contributed by atoms with Gasteiger partial charge in [-0.2, -0.15) is 0 Å². The fourth-order valence-corrected chi connectivity index (χ4v) is 3.18. The van der Waals surface area contributed by atoms with Crippen LogP contribution in [0.3, 0.4) is 0 Å². The standard InChI is InChI=1S/C18H27N7.HI/c1-3-11-24-13-8-15(9-14-24)21-18(19-2)20-10-7-17-23-22-16-6-4-5-12-25(16)17;/h3-6,12,15H,1,7-11,13-14H2,2H3,(H2,19,20,21);1H. The summed E-state index contributed by atoms with van der Waals surface area (Å²) in [6, 6.07) is 6.40. The van der Waals surface area contributed by atoms with E-state index in [2.05, 4.69) is 37.3 Å². The molecule has 0 spiro atoms. The van der Waals surface area contributed by atoms with Crippen molar-refractivity contribution in [2.45, 2.75) is 25.3 Å². The fraction of sp³-hybridized carbons (Fsp3) is 0.500. The number of nitrogens with one attached hydrogen (secondary N) is 2. The minimum atomic E-state index is 0. The van der Waals surface area contributed by atoms with E-state index in [-0.39, 0.29) is 24.0 Å².